The number of nitrogens with one attached hydrogen (secondary N) is 1. The summed E-state index contributed by atoms with van der Waals surface area (Å²) in [6.45, 7) is 1.64. The van der Waals surface area contributed by atoms with Crippen LogP contribution in [0, 0.1) is 0 Å². The first-order valence-corrected chi connectivity index (χ1v) is 3.84. The Labute approximate surface area is 65.9 Å². The summed E-state index contributed by atoms with van der Waals surface area (Å²) in [5, 5.41) is 0. The van der Waals surface area contributed by atoms with Crippen molar-refractivity contribution in [1.29, 1.82) is 0 Å². The second-order valence-electron chi connectivity index (χ2n) is 2.60. The number of fused-ring (bicyclic) bond motifs is 1. The highest BCUT2D eigenvalue weighted by Crippen LogP contribution is 2.20. The fourth-order valence-corrected chi connectivity index (χ4v) is 1.59. The number of nitrogens with zero attached hydrogens (tertiary/aromatic N) is 2. The number of rotatable bonds is 0. The van der Waals surface area contributed by atoms with E-state index in [1.54, 1.807) is 6.20 Å². The van der Waals surface area contributed by atoms with Crippen LogP contribution in [0.1, 0.15) is 11.3 Å². The lowest BCUT2D eigenvalue weighted by molar-refractivity contribution is 0.504. The fourth-order valence-electron chi connectivity index (χ4n) is 1.21. The standard InChI is InChI=1S/C6H8N3OP/c10-6-7-1-4-2-9(11)3-5(4)8-6/h1H,2-3,11H2,(H,7,8,10). The van der Waals surface area contributed by atoms with Gasteiger partial charge in [0.25, 0.3) is 0 Å². The number of hydrogen-bond donors (Lipinski definition) is 1. The zero-order chi connectivity index (χ0) is 7.84. The lowest BCUT2D eigenvalue weighted by Crippen LogP contribution is -2.11. The summed E-state index contributed by atoms with van der Waals surface area (Å²) in [4.78, 5) is 17.1. The highest BCUT2D eigenvalue weighted by Gasteiger charge is 2.15. The molecule has 0 aromatic carbocycles. The van der Waals surface area contributed by atoms with Gasteiger partial charge in [0.05, 0.1) is 0 Å². The van der Waals surface area contributed by atoms with Crippen molar-refractivity contribution in [2.24, 2.45) is 0 Å². The van der Waals surface area contributed by atoms with E-state index in [-0.39, 0.29) is 5.69 Å². The molecule has 0 aliphatic carbocycles. The van der Waals surface area contributed by atoms with E-state index in [4.69, 9.17) is 0 Å². The Balaban J connectivity index is 2.51. The zero-order valence-electron chi connectivity index (χ0n) is 5.87. The summed E-state index contributed by atoms with van der Waals surface area (Å²) in [6, 6.07) is 0. The number of aromatic nitrogens is 2. The van der Waals surface area contributed by atoms with E-state index < -0.39 is 0 Å². The van der Waals surface area contributed by atoms with Crippen LogP contribution in [0.2, 0.25) is 0 Å². The first kappa shape index (κ1) is 6.95. The smallest absolute Gasteiger partial charge is 0.308 e. The van der Waals surface area contributed by atoms with Crippen LogP contribution < -0.4 is 5.69 Å². The van der Waals surface area contributed by atoms with Gasteiger partial charge in [-0.25, -0.2) is 9.78 Å². The molecule has 4 nitrogen and oxygen atoms in total. The maximum Gasteiger partial charge on any atom is 0.345 e. The normalized spacial score (nSPS) is 16.8. The molecule has 0 fully saturated rings. The van der Waals surface area contributed by atoms with Gasteiger partial charge in [0.2, 0.25) is 0 Å². The highest BCUT2D eigenvalue weighted by atomic mass is 31.0. The van der Waals surface area contributed by atoms with Crippen molar-refractivity contribution in [2.45, 2.75) is 13.1 Å². The second-order valence-corrected chi connectivity index (χ2v) is 3.33. The molecule has 1 atom stereocenters. The molecule has 11 heavy (non-hydrogen) atoms. The van der Waals surface area contributed by atoms with Crippen molar-refractivity contribution in [1.82, 2.24) is 14.6 Å². The van der Waals surface area contributed by atoms with Crippen LogP contribution in [0.15, 0.2) is 11.0 Å². The first-order valence-electron chi connectivity index (χ1n) is 3.32. The van der Waals surface area contributed by atoms with Crippen molar-refractivity contribution in [2.75, 3.05) is 0 Å². The van der Waals surface area contributed by atoms with E-state index >= 15 is 0 Å². The molecule has 0 saturated carbocycles. The Bertz CT molecular complexity index is 335. The topological polar surface area (TPSA) is 49.0 Å². The predicted molar refractivity (Wildman–Crippen MR) is 43.8 cm³/mol. The quantitative estimate of drug-likeness (QED) is 0.550. The van der Waals surface area contributed by atoms with E-state index in [1.807, 2.05) is 4.67 Å². The molecule has 1 aliphatic heterocycles. The summed E-state index contributed by atoms with van der Waals surface area (Å²) in [5.74, 6) is 0. The number of hydrogen-bond acceptors (Lipinski definition) is 3. The summed E-state index contributed by atoms with van der Waals surface area (Å²) < 4.78 is 2.04. The molecule has 1 aromatic rings. The Morgan fingerprint density at radius 3 is 3.27 bits per heavy atom. The van der Waals surface area contributed by atoms with Gasteiger partial charge in [-0.1, -0.05) is 9.39 Å². The lowest BCUT2D eigenvalue weighted by atomic mass is 10.3. The molecule has 2 rings (SSSR count). The third-order valence-electron chi connectivity index (χ3n) is 1.72. The monoisotopic (exact) mass is 169 g/mol. The van der Waals surface area contributed by atoms with Crippen LogP contribution in [-0.2, 0) is 13.1 Å². The summed E-state index contributed by atoms with van der Waals surface area (Å²) >= 11 is 0. The van der Waals surface area contributed by atoms with Crippen LogP contribution in [0.25, 0.3) is 0 Å². The van der Waals surface area contributed by atoms with E-state index in [2.05, 4.69) is 19.4 Å². The average molecular weight is 169 g/mol. The summed E-state index contributed by atoms with van der Waals surface area (Å²) in [5.41, 5.74) is 1.84. The van der Waals surface area contributed by atoms with E-state index in [0.717, 1.165) is 24.3 Å². The average Bonchev–Trinajstić information content (AvgIpc) is 2.27. The molecule has 58 valence electrons. The van der Waals surface area contributed by atoms with Gasteiger partial charge >= 0.3 is 5.69 Å². The Kier molecular flexibility index (Phi) is 1.51. The fraction of sp³-hybridized carbons (Fsp3) is 0.333. The van der Waals surface area contributed by atoms with Gasteiger partial charge in [-0.3, -0.25) is 4.67 Å². The van der Waals surface area contributed by atoms with E-state index in [1.165, 1.54) is 0 Å². The minimum atomic E-state index is -0.260. The largest absolute Gasteiger partial charge is 0.345 e. The van der Waals surface area contributed by atoms with Crippen LogP contribution in [0.3, 0.4) is 0 Å². The molecule has 0 saturated heterocycles. The van der Waals surface area contributed by atoms with E-state index in [0.29, 0.717) is 0 Å². The molecule has 2 heterocycles. The predicted octanol–water partition coefficient (Wildman–Crippen LogP) is -0.124. The van der Waals surface area contributed by atoms with Gasteiger partial charge in [0.1, 0.15) is 0 Å². The molecule has 5 heteroatoms. The molecule has 1 unspecified atom stereocenters. The van der Waals surface area contributed by atoms with Gasteiger partial charge in [-0.2, -0.15) is 0 Å². The maximum atomic E-state index is 10.7. The molecule has 0 spiro atoms. The van der Waals surface area contributed by atoms with Crippen LogP contribution in [-0.4, -0.2) is 14.6 Å². The molecule has 1 aliphatic rings. The highest BCUT2D eigenvalue weighted by molar-refractivity contribution is 7.13. The Morgan fingerprint density at radius 1 is 1.64 bits per heavy atom. The molecule has 0 amide bonds. The molecule has 0 radical (unpaired) electrons. The Morgan fingerprint density at radius 2 is 2.45 bits per heavy atom. The SMILES string of the molecule is O=c1ncc2c([nH]1)CN(P)C2. The first-order chi connectivity index (χ1) is 5.25. The zero-order valence-corrected chi connectivity index (χ0v) is 7.03. The third-order valence-corrected chi connectivity index (χ3v) is 2.08. The van der Waals surface area contributed by atoms with Crippen molar-refractivity contribution in [3.8, 4) is 0 Å². The minimum Gasteiger partial charge on any atom is -0.308 e. The van der Waals surface area contributed by atoms with Crippen molar-refractivity contribution in [3.63, 3.8) is 0 Å². The van der Waals surface area contributed by atoms with Crippen molar-refractivity contribution < 1.29 is 0 Å². The van der Waals surface area contributed by atoms with Crippen molar-refractivity contribution >= 4 is 9.39 Å². The molecule has 1 N–H and O–H groups in total. The van der Waals surface area contributed by atoms with Crippen LogP contribution in [0.4, 0.5) is 0 Å². The van der Waals surface area contributed by atoms with E-state index in [9.17, 15) is 4.79 Å². The van der Waals surface area contributed by atoms with Crippen molar-refractivity contribution in [3.05, 3.63) is 27.9 Å². The Hall–Kier alpha value is -0.730. The molecule has 1 aromatic heterocycles. The molecule has 0 bridgehead atoms. The number of aromatic amines is 1. The third kappa shape index (κ3) is 1.19. The minimum absolute atomic E-state index is 0.260. The van der Waals surface area contributed by atoms with Gasteiger partial charge < -0.3 is 4.98 Å². The molecular weight excluding hydrogens is 161 g/mol. The van der Waals surface area contributed by atoms with Gasteiger partial charge in [0.15, 0.2) is 0 Å². The number of H-pyrrole nitrogens is 1. The van der Waals surface area contributed by atoms with Gasteiger partial charge in [-0.15, -0.1) is 0 Å². The second kappa shape index (κ2) is 2.40. The van der Waals surface area contributed by atoms with Gasteiger partial charge in [-0.05, 0) is 0 Å². The lowest BCUT2D eigenvalue weighted by Gasteiger charge is -2.01. The van der Waals surface area contributed by atoms with Gasteiger partial charge in [0, 0.05) is 30.5 Å². The molecular formula is C6H8N3OP. The van der Waals surface area contributed by atoms with Crippen LogP contribution >= 0.6 is 9.39 Å². The van der Waals surface area contributed by atoms with Crippen LogP contribution in [0.5, 0.6) is 0 Å². The summed E-state index contributed by atoms with van der Waals surface area (Å²) in [7, 11) is 2.60. The summed E-state index contributed by atoms with van der Waals surface area (Å²) in [6.07, 6.45) is 1.64. The maximum absolute atomic E-state index is 10.7.